The molecule has 0 bridgehead atoms. The van der Waals surface area contributed by atoms with Gasteiger partial charge in [0.15, 0.2) is 6.61 Å². The molecule has 0 unspecified atom stereocenters. The Hall–Kier alpha value is -2.54. The monoisotopic (exact) mass is 353 g/mol. The van der Waals surface area contributed by atoms with Gasteiger partial charge in [-0.05, 0) is 23.3 Å². The van der Waals surface area contributed by atoms with E-state index in [4.69, 9.17) is 4.74 Å². The molecule has 0 atom stereocenters. The summed E-state index contributed by atoms with van der Waals surface area (Å²) in [5.74, 6) is -0.146. The summed E-state index contributed by atoms with van der Waals surface area (Å²) < 4.78 is 46.1. The lowest BCUT2D eigenvalue weighted by Gasteiger charge is -2.10. The Balaban J connectivity index is 1.67. The molecule has 2 aromatic carbocycles. The fourth-order valence-corrected chi connectivity index (χ4v) is 1.96. The van der Waals surface area contributed by atoms with Crippen molar-refractivity contribution in [1.82, 2.24) is 5.32 Å². The Labute approximate surface area is 143 Å². The van der Waals surface area contributed by atoms with Crippen LogP contribution in [0.2, 0.25) is 0 Å². The van der Waals surface area contributed by atoms with Gasteiger partial charge in [0.05, 0.1) is 6.61 Å². The van der Waals surface area contributed by atoms with E-state index in [0.29, 0.717) is 6.61 Å². The summed E-state index contributed by atoms with van der Waals surface area (Å²) in [7, 11) is 0. The highest BCUT2D eigenvalue weighted by molar-refractivity contribution is 5.77. The highest BCUT2D eigenvalue weighted by Gasteiger charge is 2.28. The molecule has 0 spiro atoms. The van der Waals surface area contributed by atoms with Gasteiger partial charge in [-0.2, -0.15) is 13.2 Å². The van der Waals surface area contributed by atoms with Crippen molar-refractivity contribution in [2.75, 3.05) is 13.2 Å². The number of carbonyl (C=O) groups excluding carboxylic acids is 1. The summed E-state index contributed by atoms with van der Waals surface area (Å²) in [6, 6.07) is 15.5. The number of benzene rings is 2. The van der Waals surface area contributed by atoms with Crippen molar-refractivity contribution in [2.45, 2.75) is 19.3 Å². The summed E-state index contributed by atoms with van der Waals surface area (Å²) >= 11 is 0. The number of alkyl halides is 3. The van der Waals surface area contributed by atoms with E-state index in [1.807, 2.05) is 30.3 Å². The maximum atomic E-state index is 12.1. The van der Waals surface area contributed by atoms with Gasteiger partial charge in [-0.3, -0.25) is 4.79 Å². The maximum Gasteiger partial charge on any atom is 0.422 e. The fraction of sp³-hybridized carbons (Fsp3) is 0.278. The number of halogens is 3. The van der Waals surface area contributed by atoms with Gasteiger partial charge in [0, 0.05) is 6.54 Å². The SMILES string of the molecule is O=C(COCc1ccccc1)NCc1ccc(OCC(F)(F)F)cc1. The molecule has 25 heavy (non-hydrogen) atoms. The molecule has 0 fully saturated rings. The summed E-state index contributed by atoms with van der Waals surface area (Å²) in [6.45, 7) is -0.796. The topological polar surface area (TPSA) is 47.6 Å². The second-order valence-electron chi connectivity index (χ2n) is 5.30. The van der Waals surface area contributed by atoms with Crippen molar-refractivity contribution in [3.05, 3.63) is 65.7 Å². The lowest BCUT2D eigenvalue weighted by Crippen LogP contribution is -2.27. The Morgan fingerprint density at radius 1 is 0.960 bits per heavy atom. The van der Waals surface area contributed by atoms with Crippen LogP contribution in [0.25, 0.3) is 0 Å². The zero-order chi connectivity index (χ0) is 18.1. The van der Waals surface area contributed by atoms with Crippen LogP contribution in [-0.4, -0.2) is 25.3 Å². The van der Waals surface area contributed by atoms with E-state index in [1.165, 1.54) is 12.1 Å². The van der Waals surface area contributed by atoms with Crippen LogP contribution < -0.4 is 10.1 Å². The first-order valence-corrected chi connectivity index (χ1v) is 7.59. The molecule has 1 amide bonds. The van der Waals surface area contributed by atoms with Gasteiger partial charge >= 0.3 is 6.18 Å². The lowest BCUT2D eigenvalue weighted by atomic mass is 10.2. The summed E-state index contributed by atoms with van der Waals surface area (Å²) in [5, 5.41) is 2.68. The molecule has 0 saturated heterocycles. The third-order valence-corrected chi connectivity index (χ3v) is 3.16. The van der Waals surface area contributed by atoms with Gasteiger partial charge in [0.1, 0.15) is 12.4 Å². The van der Waals surface area contributed by atoms with Crippen LogP contribution in [0.5, 0.6) is 5.75 Å². The van der Waals surface area contributed by atoms with Crippen LogP contribution in [0.3, 0.4) is 0 Å². The van der Waals surface area contributed by atoms with Crippen LogP contribution >= 0.6 is 0 Å². The predicted molar refractivity (Wildman–Crippen MR) is 85.9 cm³/mol. The third-order valence-electron chi connectivity index (χ3n) is 3.16. The Bertz CT molecular complexity index is 658. The molecular weight excluding hydrogens is 335 g/mol. The van der Waals surface area contributed by atoms with Crippen LogP contribution in [0.1, 0.15) is 11.1 Å². The minimum atomic E-state index is -4.37. The van der Waals surface area contributed by atoms with Crippen LogP contribution in [0, 0.1) is 0 Å². The number of amides is 1. The van der Waals surface area contributed by atoms with E-state index in [-0.39, 0.29) is 24.8 Å². The van der Waals surface area contributed by atoms with Crippen LogP contribution in [0.4, 0.5) is 13.2 Å². The Morgan fingerprint density at radius 3 is 2.28 bits per heavy atom. The zero-order valence-corrected chi connectivity index (χ0v) is 13.4. The molecular formula is C18H18F3NO3. The average molecular weight is 353 g/mol. The number of hydrogen-bond acceptors (Lipinski definition) is 3. The van der Waals surface area contributed by atoms with Gasteiger partial charge in [-0.25, -0.2) is 0 Å². The first-order chi connectivity index (χ1) is 11.9. The lowest BCUT2D eigenvalue weighted by molar-refractivity contribution is -0.153. The van der Waals surface area contributed by atoms with Gasteiger partial charge in [-0.1, -0.05) is 42.5 Å². The zero-order valence-electron chi connectivity index (χ0n) is 13.4. The van der Waals surface area contributed by atoms with Crippen molar-refractivity contribution in [3.63, 3.8) is 0 Å². The largest absolute Gasteiger partial charge is 0.484 e. The van der Waals surface area contributed by atoms with E-state index in [1.54, 1.807) is 12.1 Å². The second kappa shape index (κ2) is 9.08. The molecule has 1 N–H and O–H groups in total. The Kier molecular flexibility index (Phi) is 6.82. The molecule has 0 aliphatic carbocycles. The van der Waals surface area contributed by atoms with Gasteiger partial charge < -0.3 is 14.8 Å². The number of carbonyl (C=O) groups is 1. The number of nitrogens with one attached hydrogen (secondary N) is 1. The summed E-state index contributed by atoms with van der Waals surface area (Å²) in [6.07, 6.45) is -4.37. The molecule has 7 heteroatoms. The molecule has 0 radical (unpaired) electrons. The second-order valence-corrected chi connectivity index (χ2v) is 5.30. The minimum absolute atomic E-state index is 0.0678. The van der Waals surface area contributed by atoms with Crippen molar-refractivity contribution in [2.24, 2.45) is 0 Å². The first kappa shape index (κ1) is 18.8. The highest BCUT2D eigenvalue weighted by atomic mass is 19.4. The molecule has 0 saturated carbocycles. The van der Waals surface area contributed by atoms with Gasteiger partial charge in [-0.15, -0.1) is 0 Å². The van der Waals surface area contributed by atoms with Gasteiger partial charge in [0.2, 0.25) is 5.91 Å². The van der Waals surface area contributed by atoms with Crippen molar-refractivity contribution in [3.8, 4) is 5.75 Å². The molecule has 2 rings (SSSR count). The van der Waals surface area contributed by atoms with Crippen LogP contribution in [-0.2, 0) is 22.7 Å². The van der Waals surface area contributed by atoms with Gasteiger partial charge in [0.25, 0.3) is 0 Å². The molecule has 2 aromatic rings. The first-order valence-electron chi connectivity index (χ1n) is 7.59. The van der Waals surface area contributed by atoms with E-state index in [2.05, 4.69) is 10.1 Å². The quantitative estimate of drug-likeness (QED) is 0.791. The molecule has 0 aliphatic rings. The normalized spacial score (nSPS) is 11.2. The molecule has 134 valence electrons. The van der Waals surface area contributed by atoms with E-state index < -0.39 is 12.8 Å². The van der Waals surface area contributed by atoms with E-state index in [9.17, 15) is 18.0 Å². The van der Waals surface area contributed by atoms with Crippen molar-refractivity contribution < 1.29 is 27.4 Å². The fourth-order valence-electron chi connectivity index (χ4n) is 1.96. The molecule has 0 aromatic heterocycles. The number of rotatable bonds is 8. The minimum Gasteiger partial charge on any atom is -0.484 e. The van der Waals surface area contributed by atoms with Crippen molar-refractivity contribution in [1.29, 1.82) is 0 Å². The molecule has 0 heterocycles. The standard InChI is InChI=1S/C18H18F3NO3/c19-18(20,21)13-25-16-8-6-14(7-9-16)10-22-17(23)12-24-11-15-4-2-1-3-5-15/h1-9H,10-13H2,(H,22,23). The number of hydrogen-bond donors (Lipinski definition) is 1. The highest BCUT2D eigenvalue weighted by Crippen LogP contribution is 2.18. The summed E-state index contributed by atoms with van der Waals surface area (Å²) in [5.41, 5.74) is 1.72. The summed E-state index contributed by atoms with van der Waals surface area (Å²) in [4.78, 5) is 11.7. The Morgan fingerprint density at radius 2 is 1.64 bits per heavy atom. The van der Waals surface area contributed by atoms with E-state index >= 15 is 0 Å². The van der Waals surface area contributed by atoms with E-state index in [0.717, 1.165) is 11.1 Å². The molecule has 4 nitrogen and oxygen atoms in total. The number of ether oxygens (including phenoxy) is 2. The molecule has 0 aliphatic heterocycles. The van der Waals surface area contributed by atoms with Crippen LogP contribution in [0.15, 0.2) is 54.6 Å². The van der Waals surface area contributed by atoms with Crippen molar-refractivity contribution >= 4 is 5.91 Å². The third kappa shape index (κ3) is 7.71. The average Bonchev–Trinajstić information content (AvgIpc) is 2.59. The predicted octanol–water partition coefficient (Wildman–Crippen LogP) is 3.46. The maximum absolute atomic E-state index is 12.1. The smallest absolute Gasteiger partial charge is 0.422 e.